The average molecular weight is 417 g/mol. The number of aromatic nitrogens is 1. The third kappa shape index (κ3) is 3.74. The number of fused-ring (bicyclic) bond motifs is 2. The smallest absolute Gasteiger partial charge is 0.252 e. The molecule has 0 radical (unpaired) electrons. The Morgan fingerprint density at radius 3 is 2.60 bits per heavy atom. The lowest BCUT2D eigenvalue weighted by Gasteiger charge is -2.17. The van der Waals surface area contributed by atoms with Crippen LogP contribution in [-0.4, -0.2) is 38.0 Å². The highest BCUT2D eigenvalue weighted by molar-refractivity contribution is 6.83. The molecule has 1 amide bonds. The number of rotatable bonds is 3. The number of nitrogens with zero attached hydrogens (tertiary/aromatic N) is 1. The van der Waals surface area contributed by atoms with Gasteiger partial charge in [-0.05, 0) is 37.9 Å². The van der Waals surface area contributed by atoms with Gasteiger partial charge in [-0.25, -0.2) is 0 Å². The third-order valence-corrected chi connectivity index (χ3v) is 6.09. The molecule has 3 aromatic rings. The topological polar surface area (TPSA) is 74.2 Å². The van der Waals surface area contributed by atoms with Crippen molar-refractivity contribution in [2.45, 2.75) is 32.2 Å². The second kappa shape index (κ2) is 7.35. The first-order valence-corrected chi connectivity index (χ1v) is 13.7. The molecule has 0 fully saturated rings. The first-order chi connectivity index (χ1) is 14.1. The number of H-pyrrole nitrogens is 1. The van der Waals surface area contributed by atoms with Crippen LogP contribution in [-0.2, 0) is 6.54 Å². The van der Waals surface area contributed by atoms with Gasteiger partial charge in [-0.2, -0.15) is 0 Å². The van der Waals surface area contributed by atoms with Crippen LogP contribution in [0.4, 0.5) is 5.69 Å². The number of nitrogens with one attached hydrogen (secondary N) is 2. The average Bonchev–Trinajstić information content (AvgIpc) is 3.15. The highest BCUT2D eigenvalue weighted by Crippen LogP contribution is 2.39. The molecule has 1 atom stereocenters. The molecule has 1 aromatic heterocycles. The van der Waals surface area contributed by atoms with Crippen LogP contribution >= 0.6 is 0 Å². The molecule has 0 bridgehead atoms. The summed E-state index contributed by atoms with van der Waals surface area (Å²) < 4.78 is 0. The maximum atomic E-state index is 12.9. The number of hydrogen-bond acceptors (Lipinski definition) is 3. The number of amides is 1. The van der Waals surface area contributed by atoms with Crippen LogP contribution < -0.4 is 11.1 Å². The molecular weight excluding hydrogens is 388 g/mol. The molecule has 0 spiro atoms. The minimum atomic E-state index is -1.54. The first-order valence-electron chi connectivity index (χ1n) is 10.2. The van der Waals surface area contributed by atoms with E-state index in [1.165, 1.54) is 0 Å². The van der Waals surface area contributed by atoms with Crippen LogP contribution in [0.5, 0.6) is 0 Å². The standard InChI is InChI=1S/C24H28N4OSi/c1-28(2)14-21-22(16-8-6-7-9-20(16)26-21)23-17-13-19(25)15(10-11-30(3,4)5)12-18(17)24(29)27-23/h6-9,12-13,23,26H,14,25H2,1-5H3,(H,27,29). The highest BCUT2D eigenvalue weighted by Gasteiger charge is 2.34. The number of nitrogen functional groups attached to an aromatic ring is 1. The Labute approximate surface area is 178 Å². The minimum absolute atomic E-state index is 0.0767. The van der Waals surface area contributed by atoms with Crippen molar-refractivity contribution in [3.8, 4) is 11.5 Å². The monoisotopic (exact) mass is 416 g/mol. The number of aromatic amines is 1. The molecule has 0 aliphatic carbocycles. The third-order valence-electron chi connectivity index (χ3n) is 5.22. The van der Waals surface area contributed by atoms with Gasteiger partial charge in [0, 0.05) is 45.5 Å². The predicted molar refractivity (Wildman–Crippen MR) is 126 cm³/mol. The minimum Gasteiger partial charge on any atom is -0.398 e. The Bertz CT molecular complexity index is 1210. The zero-order chi connectivity index (χ0) is 21.6. The molecule has 30 heavy (non-hydrogen) atoms. The largest absolute Gasteiger partial charge is 0.398 e. The van der Waals surface area contributed by atoms with E-state index in [2.05, 4.69) is 58.4 Å². The molecule has 5 nitrogen and oxygen atoms in total. The number of benzene rings is 2. The van der Waals surface area contributed by atoms with Crippen molar-refractivity contribution in [1.29, 1.82) is 0 Å². The van der Waals surface area contributed by atoms with E-state index in [0.717, 1.165) is 39.8 Å². The molecule has 2 aromatic carbocycles. The predicted octanol–water partition coefficient (Wildman–Crippen LogP) is 3.87. The number of para-hydroxylation sites is 1. The van der Waals surface area contributed by atoms with E-state index in [4.69, 9.17) is 5.73 Å². The summed E-state index contributed by atoms with van der Waals surface area (Å²) in [5.41, 5.74) is 15.9. The number of carbonyl (C=O) groups excluding carboxylic acids is 1. The highest BCUT2D eigenvalue weighted by atomic mass is 28.3. The fourth-order valence-corrected chi connectivity index (χ4v) is 4.45. The molecule has 0 saturated carbocycles. The normalized spacial score (nSPS) is 15.8. The summed E-state index contributed by atoms with van der Waals surface area (Å²) in [7, 11) is 2.54. The fraction of sp³-hybridized carbons (Fsp3) is 0.292. The lowest BCUT2D eigenvalue weighted by Crippen LogP contribution is -2.22. The summed E-state index contributed by atoms with van der Waals surface area (Å²) in [6.07, 6.45) is 0. The van der Waals surface area contributed by atoms with Gasteiger partial charge in [-0.3, -0.25) is 4.79 Å². The Balaban J connectivity index is 1.86. The van der Waals surface area contributed by atoms with Crippen molar-refractivity contribution < 1.29 is 4.79 Å². The van der Waals surface area contributed by atoms with Gasteiger partial charge in [0.25, 0.3) is 5.91 Å². The number of carbonyl (C=O) groups is 1. The molecule has 1 aliphatic rings. The summed E-state index contributed by atoms with van der Waals surface area (Å²) in [4.78, 5) is 18.6. The van der Waals surface area contributed by atoms with Crippen LogP contribution in [0.2, 0.25) is 19.6 Å². The molecule has 0 saturated heterocycles. The Kier molecular flexibility index (Phi) is 4.96. The van der Waals surface area contributed by atoms with Gasteiger partial charge >= 0.3 is 0 Å². The number of hydrogen-bond donors (Lipinski definition) is 3. The summed E-state index contributed by atoms with van der Waals surface area (Å²) in [5.74, 6) is 3.14. The van der Waals surface area contributed by atoms with Crippen LogP contribution in [0.25, 0.3) is 10.9 Å². The van der Waals surface area contributed by atoms with Crippen LogP contribution in [0.3, 0.4) is 0 Å². The molecule has 154 valence electrons. The van der Waals surface area contributed by atoms with E-state index in [-0.39, 0.29) is 11.9 Å². The van der Waals surface area contributed by atoms with E-state index in [9.17, 15) is 4.79 Å². The SMILES string of the molecule is CN(C)Cc1[nH]c2ccccc2c1C1NC(=O)c2cc(C#C[Si](C)(C)C)c(N)cc21. The van der Waals surface area contributed by atoms with Crippen LogP contribution in [0, 0.1) is 11.5 Å². The van der Waals surface area contributed by atoms with Crippen molar-refractivity contribution in [3.63, 3.8) is 0 Å². The number of anilines is 1. The molecule has 1 aliphatic heterocycles. The van der Waals surface area contributed by atoms with Crippen molar-refractivity contribution in [1.82, 2.24) is 15.2 Å². The molecule has 4 rings (SSSR count). The van der Waals surface area contributed by atoms with E-state index in [0.29, 0.717) is 11.3 Å². The van der Waals surface area contributed by atoms with Gasteiger partial charge in [0.2, 0.25) is 0 Å². The molecule has 6 heteroatoms. The van der Waals surface area contributed by atoms with Crippen LogP contribution in [0.1, 0.15) is 38.8 Å². The Morgan fingerprint density at radius 2 is 1.90 bits per heavy atom. The van der Waals surface area contributed by atoms with Gasteiger partial charge < -0.3 is 20.9 Å². The van der Waals surface area contributed by atoms with Gasteiger partial charge in [-0.1, -0.05) is 43.8 Å². The van der Waals surface area contributed by atoms with Gasteiger partial charge in [-0.15, -0.1) is 5.54 Å². The van der Waals surface area contributed by atoms with Crippen molar-refractivity contribution in [2.24, 2.45) is 0 Å². The van der Waals surface area contributed by atoms with E-state index in [1.54, 1.807) is 0 Å². The van der Waals surface area contributed by atoms with E-state index < -0.39 is 8.07 Å². The van der Waals surface area contributed by atoms with Crippen molar-refractivity contribution in [2.75, 3.05) is 19.8 Å². The van der Waals surface area contributed by atoms with Gasteiger partial charge in [0.05, 0.1) is 6.04 Å². The number of nitrogens with two attached hydrogens (primary N) is 1. The van der Waals surface area contributed by atoms with Crippen molar-refractivity contribution in [3.05, 3.63) is 64.3 Å². The van der Waals surface area contributed by atoms with Crippen molar-refractivity contribution >= 4 is 30.6 Å². The molecule has 2 heterocycles. The van der Waals surface area contributed by atoms with E-state index in [1.807, 2.05) is 38.4 Å². The second-order valence-electron chi connectivity index (χ2n) is 9.23. The maximum absolute atomic E-state index is 12.9. The summed E-state index contributed by atoms with van der Waals surface area (Å²) in [6, 6.07) is 11.8. The zero-order valence-electron chi connectivity index (χ0n) is 18.2. The lowest BCUT2D eigenvalue weighted by atomic mass is 9.94. The van der Waals surface area contributed by atoms with Gasteiger partial charge in [0.1, 0.15) is 8.07 Å². The molecule has 1 unspecified atom stereocenters. The lowest BCUT2D eigenvalue weighted by molar-refractivity contribution is 0.0960. The molecular formula is C24H28N4OSi. The quantitative estimate of drug-likeness (QED) is 0.345. The maximum Gasteiger partial charge on any atom is 0.252 e. The van der Waals surface area contributed by atoms with E-state index >= 15 is 0 Å². The summed E-state index contributed by atoms with van der Waals surface area (Å²) in [6.45, 7) is 7.32. The molecule has 4 N–H and O–H groups in total. The second-order valence-corrected chi connectivity index (χ2v) is 14.0. The Morgan fingerprint density at radius 1 is 1.17 bits per heavy atom. The first kappa shape index (κ1) is 20.3. The van der Waals surface area contributed by atoms with Gasteiger partial charge in [0.15, 0.2) is 0 Å². The summed E-state index contributed by atoms with van der Waals surface area (Å²) in [5, 5.41) is 4.30. The summed E-state index contributed by atoms with van der Waals surface area (Å²) >= 11 is 0. The Hall–Kier alpha value is -3.01. The zero-order valence-corrected chi connectivity index (χ0v) is 19.2. The van der Waals surface area contributed by atoms with Crippen LogP contribution in [0.15, 0.2) is 36.4 Å². The fourth-order valence-electron chi connectivity index (χ4n) is 3.94.